The predicted molar refractivity (Wildman–Crippen MR) is 83.1 cm³/mol. The van der Waals surface area contributed by atoms with Gasteiger partial charge in [-0.3, -0.25) is 4.79 Å². The number of halogens is 1. The van der Waals surface area contributed by atoms with Crippen LogP contribution in [0.3, 0.4) is 0 Å². The topological polar surface area (TPSA) is 78.9 Å². The Kier molecular flexibility index (Phi) is 6.01. The molecule has 0 atom stereocenters. The van der Waals surface area contributed by atoms with Gasteiger partial charge >= 0.3 is 0 Å². The second-order valence-electron chi connectivity index (χ2n) is 4.92. The first kappa shape index (κ1) is 16.5. The molecule has 5 nitrogen and oxygen atoms in total. The van der Waals surface area contributed by atoms with Crippen molar-refractivity contribution in [2.75, 3.05) is 6.54 Å². The number of nitrogens with two attached hydrogens (primary N) is 1. The molecule has 0 saturated heterocycles. The van der Waals surface area contributed by atoms with Crippen molar-refractivity contribution in [2.45, 2.75) is 33.2 Å². The standard InChI is InChI=1S/C14H20BrN3O2/c1-9(2)18(7-6-13(16)17-20)14(19)11-5-4-10(3)8-12(11)15/h4-5,8-9,20H,6-7H2,1-3H3,(H2,16,17). The third-order valence-electron chi connectivity index (χ3n) is 2.98. The van der Waals surface area contributed by atoms with Crippen LogP contribution in [0.25, 0.3) is 0 Å². The molecule has 1 aromatic carbocycles. The van der Waals surface area contributed by atoms with Crippen molar-refractivity contribution in [1.29, 1.82) is 0 Å². The molecule has 1 aromatic rings. The van der Waals surface area contributed by atoms with Gasteiger partial charge in [0, 0.05) is 23.5 Å². The predicted octanol–water partition coefficient (Wildman–Crippen LogP) is 2.74. The molecule has 20 heavy (non-hydrogen) atoms. The minimum atomic E-state index is -0.0717. The highest BCUT2D eigenvalue weighted by atomic mass is 79.9. The van der Waals surface area contributed by atoms with Crippen LogP contribution in [0.1, 0.15) is 36.2 Å². The lowest BCUT2D eigenvalue weighted by molar-refractivity contribution is 0.0710. The molecular weight excluding hydrogens is 322 g/mol. The van der Waals surface area contributed by atoms with Crippen LogP contribution in [0.15, 0.2) is 27.8 Å². The van der Waals surface area contributed by atoms with Gasteiger partial charge in [0.15, 0.2) is 0 Å². The van der Waals surface area contributed by atoms with E-state index in [1.54, 1.807) is 11.0 Å². The Hall–Kier alpha value is -1.56. The summed E-state index contributed by atoms with van der Waals surface area (Å²) in [5, 5.41) is 11.5. The van der Waals surface area contributed by atoms with Gasteiger partial charge in [-0.25, -0.2) is 0 Å². The Morgan fingerprint density at radius 3 is 2.65 bits per heavy atom. The summed E-state index contributed by atoms with van der Waals surface area (Å²) in [7, 11) is 0. The van der Waals surface area contributed by atoms with E-state index >= 15 is 0 Å². The maximum Gasteiger partial charge on any atom is 0.255 e. The first-order valence-electron chi connectivity index (χ1n) is 6.40. The molecule has 3 N–H and O–H groups in total. The van der Waals surface area contributed by atoms with Crippen molar-refractivity contribution in [3.63, 3.8) is 0 Å². The van der Waals surface area contributed by atoms with Crippen molar-refractivity contribution in [3.05, 3.63) is 33.8 Å². The molecule has 0 aliphatic carbocycles. The molecule has 0 radical (unpaired) electrons. The van der Waals surface area contributed by atoms with Crippen molar-refractivity contribution in [2.24, 2.45) is 10.9 Å². The number of benzene rings is 1. The van der Waals surface area contributed by atoms with Gasteiger partial charge in [-0.15, -0.1) is 0 Å². The van der Waals surface area contributed by atoms with Gasteiger partial charge in [0.2, 0.25) is 0 Å². The van der Waals surface area contributed by atoms with Gasteiger partial charge in [-0.05, 0) is 54.4 Å². The highest BCUT2D eigenvalue weighted by Crippen LogP contribution is 2.21. The average Bonchev–Trinajstić information content (AvgIpc) is 2.37. The largest absolute Gasteiger partial charge is 0.409 e. The summed E-state index contributed by atoms with van der Waals surface area (Å²) in [5.41, 5.74) is 7.16. The zero-order chi connectivity index (χ0) is 15.3. The molecule has 1 rings (SSSR count). The highest BCUT2D eigenvalue weighted by molar-refractivity contribution is 9.10. The number of hydrogen-bond donors (Lipinski definition) is 2. The fourth-order valence-electron chi connectivity index (χ4n) is 1.83. The molecule has 110 valence electrons. The highest BCUT2D eigenvalue weighted by Gasteiger charge is 2.20. The van der Waals surface area contributed by atoms with Crippen molar-refractivity contribution in [1.82, 2.24) is 4.90 Å². The molecule has 0 aromatic heterocycles. The monoisotopic (exact) mass is 341 g/mol. The van der Waals surface area contributed by atoms with Crippen molar-refractivity contribution < 1.29 is 10.0 Å². The summed E-state index contributed by atoms with van der Waals surface area (Å²) >= 11 is 3.42. The summed E-state index contributed by atoms with van der Waals surface area (Å²) in [6, 6.07) is 5.65. The number of carbonyl (C=O) groups is 1. The van der Waals surface area contributed by atoms with Gasteiger partial charge in [0.1, 0.15) is 5.84 Å². The summed E-state index contributed by atoms with van der Waals surface area (Å²) < 4.78 is 0.775. The van der Waals surface area contributed by atoms with Crippen LogP contribution < -0.4 is 5.73 Å². The third kappa shape index (κ3) is 4.23. The Labute approximate surface area is 127 Å². The number of amides is 1. The molecule has 0 heterocycles. The van der Waals surface area contributed by atoms with Crippen molar-refractivity contribution >= 4 is 27.7 Å². The van der Waals surface area contributed by atoms with E-state index in [1.807, 2.05) is 32.9 Å². The first-order valence-corrected chi connectivity index (χ1v) is 7.19. The number of amidine groups is 1. The summed E-state index contributed by atoms with van der Waals surface area (Å²) in [6.07, 6.45) is 0.337. The van der Waals surface area contributed by atoms with Crippen LogP contribution in [0.5, 0.6) is 0 Å². The third-order valence-corrected chi connectivity index (χ3v) is 3.63. The summed E-state index contributed by atoms with van der Waals surface area (Å²) in [6.45, 7) is 6.25. The van der Waals surface area contributed by atoms with Crippen molar-refractivity contribution in [3.8, 4) is 0 Å². The minimum absolute atomic E-state index is 0.0298. The smallest absolute Gasteiger partial charge is 0.255 e. The van der Waals surface area contributed by atoms with E-state index in [0.29, 0.717) is 18.5 Å². The van der Waals surface area contributed by atoms with Crippen LogP contribution in [0.4, 0.5) is 0 Å². The van der Waals surface area contributed by atoms with Gasteiger partial charge in [0.25, 0.3) is 5.91 Å². The second-order valence-corrected chi connectivity index (χ2v) is 5.77. The first-order chi connectivity index (χ1) is 9.36. The minimum Gasteiger partial charge on any atom is -0.409 e. The molecule has 0 spiro atoms. The van der Waals surface area contributed by atoms with E-state index < -0.39 is 0 Å². The average molecular weight is 342 g/mol. The zero-order valence-electron chi connectivity index (χ0n) is 11.9. The molecule has 6 heteroatoms. The van der Waals surface area contributed by atoms with E-state index in [9.17, 15) is 4.79 Å². The quantitative estimate of drug-likeness (QED) is 0.374. The molecule has 0 aliphatic heterocycles. The number of rotatable bonds is 5. The van der Waals surface area contributed by atoms with Gasteiger partial charge in [-0.1, -0.05) is 11.2 Å². The molecule has 1 amide bonds. The maximum atomic E-state index is 12.6. The fourth-order valence-corrected chi connectivity index (χ4v) is 2.49. The van der Waals surface area contributed by atoms with E-state index in [2.05, 4.69) is 21.1 Å². The normalized spacial score (nSPS) is 11.8. The number of oxime groups is 1. The van der Waals surface area contributed by atoms with Gasteiger partial charge in [0.05, 0.1) is 5.56 Å². The lowest BCUT2D eigenvalue weighted by atomic mass is 10.1. The Bertz CT molecular complexity index is 515. The number of carbonyl (C=O) groups excluding carboxylic acids is 1. The molecule has 0 saturated carbocycles. The van der Waals surface area contributed by atoms with Crippen LogP contribution in [0, 0.1) is 6.92 Å². The summed E-state index contributed by atoms with van der Waals surface area (Å²) in [4.78, 5) is 14.3. The number of aryl methyl sites for hydroxylation is 1. The van der Waals surface area contributed by atoms with Crippen LogP contribution in [0.2, 0.25) is 0 Å². The van der Waals surface area contributed by atoms with Gasteiger partial charge < -0.3 is 15.8 Å². The number of nitrogens with zero attached hydrogens (tertiary/aromatic N) is 2. The fraction of sp³-hybridized carbons (Fsp3) is 0.429. The van der Waals surface area contributed by atoms with Gasteiger partial charge in [-0.2, -0.15) is 0 Å². The zero-order valence-corrected chi connectivity index (χ0v) is 13.5. The van der Waals surface area contributed by atoms with E-state index in [-0.39, 0.29) is 17.8 Å². The molecule has 0 aliphatic rings. The Morgan fingerprint density at radius 1 is 1.50 bits per heavy atom. The second kappa shape index (κ2) is 7.28. The molecule has 0 fully saturated rings. The molecule has 0 bridgehead atoms. The maximum absolute atomic E-state index is 12.6. The van der Waals surface area contributed by atoms with E-state index in [1.165, 1.54) is 0 Å². The lowest BCUT2D eigenvalue weighted by Crippen LogP contribution is -2.39. The lowest BCUT2D eigenvalue weighted by Gasteiger charge is -2.27. The Balaban J connectivity index is 2.94. The molecular formula is C14H20BrN3O2. The summed E-state index contributed by atoms with van der Waals surface area (Å²) in [5.74, 6) is 0.0454. The Morgan fingerprint density at radius 2 is 2.15 bits per heavy atom. The van der Waals surface area contributed by atoms with Crippen LogP contribution in [-0.2, 0) is 0 Å². The number of hydrogen-bond acceptors (Lipinski definition) is 3. The van der Waals surface area contributed by atoms with E-state index in [0.717, 1.165) is 10.0 Å². The van der Waals surface area contributed by atoms with Crippen LogP contribution >= 0.6 is 15.9 Å². The molecule has 0 unspecified atom stereocenters. The van der Waals surface area contributed by atoms with Crippen LogP contribution in [-0.4, -0.2) is 34.4 Å². The SMILES string of the molecule is Cc1ccc(C(=O)N(CC/C(N)=N/O)C(C)C)c(Br)c1. The van der Waals surface area contributed by atoms with E-state index in [4.69, 9.17) is 10.9 Å².